The van der Waals surface area contributed by atoms with Gasteiger partial charge in [-0.1, -0.05) is 18.2 Å². The summed E-state index contributed by atoms with van der Waals surface area (Å²) in [4.78, 5) is 25.4. The maximum absolute atomic E-state index is 14.2. The first-order valence-electron chi connectivity index (χ1n) is 9.18. The lowest BCUT2D eigenvalue weighted by molar-refractivity contribution is 0.0439. The number of rotatable bonds is 8. The lowest BCUT2D eigenvalue weighted by Gasteiger charge is -2.08. The van der Waals surface area contributed by atoms with Gasteiger partial charge in [-0.3, -0.25) is 4.79 Å². The summed E-state index contributed by atoms with van der Waals surface area (Å²) < 4.78 is 32.4. The van der Waals surface area contributed by atoms with Crippen molar-refractivity contribution in [1.82, 2.24) is 5.32 Å². The van der Waals surface area contributed by atoms with Crippen molar-refractivity contribution in [3.05, 3.63) is 81.5 Å². The van der Waals surface area contributed by atoms with E-state index in [1.54, 1.807) is 24.3 Å². The molecular formula is C22H19F2NO4S. The third-order valence-corrected chi connectivity index (χ3v) is 5.34. The molecule has 0 saturated heterocycles. The zero-order chi connectivity index (χ0) is 21.5. The molecule has 0 atom stereocenters. The van der Waals surface area contributed by atoms with E-state index in [2.05, 4.69) is 5.32 Å². The fraction of sp³-hybridized carbons (Fsp3) is 0.182. The van der Waals surface area contributed by atoms with Crippen LogP contribution in [0, 0.1) is 11.6 Å². The normalized spacial score (nSPS) is 10.6. The Morgan fingerprint density at radius 1 is 1.03 bits per heavy atom. The van der Waals surface area contributed by atoms with Gasteiger partial charge in [0.15, 0.2) is 0 Å². The minimum absolute atomic E-state index is 0.0671. The molecule has 1 amide bonds. The summed E-state index contributed by atoms with van der Waals surface area (Å²) in [5, 5.41) is 11.3. The Kier molecular flexibility index (Phi) is 7.26. The molecule has 0 aliphatic rings. The zero-order valence-electron chi connectivity index (χ0n) is 15.9. The van der Waals surface area contributed by atoms with Crippen LogP contribution in [0.25, 0.3) is 11.1 Å². The summed E-state index contributed by atoms with van der Waals surface area (Å²) in [6.07, 6.45) is 0.453. The smallest absolute Gasteiger partial charge is 0.348 e. The summed E-state index contributed by atoms with van der Waals surface area (Å²) in [7, 11) is 0. The van der Waals surface area contributed by atoms with E-state index in [1.807, 2.05) is 0 Å². The third kappa shape index (κ3) is 5.49. The predicted octanol–water partition coefficient (Wildman–Crippen LogP) is 3.81. The summed E-state index contributed by atoms with van der Waals surface area (Å²) >= 11 is 1.23. The average Bonchev–Trinajstić information content (AvgIpc) is 3.21. The standard InChI is InChI=1S/C22H19F2NO4S/c23-16-3-1-2-14(12-16)15-4-6-19(24)18(13-15)21(27)25-9-8-17-5-7-20(30-17)22(28)29-11-10-26/h1-7,12-13,26H,8-11H2,(H,25,27). The van der Waals surface area contributed by atoms with Crippen molar-refractivity contribution in [3.8, 4) is 11.1 Å². The van der Waals surface area contributed by atoms with E-state index in [9.17, 15) is 18.4 Å². The van der Waals surface area contributed by atoms with E-state index in [0.29, 0.717) is 22.4 Å². The van der Waals surface area contributed by atoms with Gasteiger partial charge in [0.1, 0.15) is 23.1 Å². The topological polar surface area (TPSA) is 75.6 Å². The largest absolute Gasteiger partial charge is 0.459 e. The Labute approximate surface area is 175 Å². The molecule has 156 valence electrons. The number of amides is 1. The van der Waals surface area contributed by atoms with Crippen molar-refractivity contribution < 1.29 is 28.2 Å². The van der Waals surface area contributed by atoms with E-state index < -0.39 is 23.5 Å². The number of ether oxygens (including phenoxy) is 1. The highest BCUT2D eigenvalue weighted by Crippen LogP contribution is 2.23. The Balaban J connectivity index is 1.61. The SMILES string of the molecule is O=C(OCCO)c1ccc(CCNC(=O)c2cc(-c3cccc(F)c3)ccc2F)s1. The van der Waals surface area contributed by atoms with Crippen LogP contribution in [0.15, 0.2) is 54.6 Å². The molecule has 2 aromatic carbocycles. The van der Waals surface area contributed by atoms with Gasteiger partial charge in [0.2, 0.25) is 0 Å². The molecule has 2 N–H and O–H groups in total. The number of aliphatic hydroxyl groups excluding tert-OH is 1. The van der Waals surface area contributed by atoms with E-state index in [4.69, 9.17) is 9.84 Å². The summed E-state index contributed by atoms with van der Waals surface area (Å²) in [5.74, 6) is -2.18. The third-order valence-electron chi connectivity index (χ3n) is 4.21. The van der Waals surface area contributed by atoms with Gasteiger partial charge in [0, 0.05) is 11.4 Å². The minimum atomic E-state index is -0.669. The van der Waals surface area contributed by atoms with Crippen LogP contribution in [0.3, 0.4) is 0 Å². The molecule has 0 saturated carbocycles. The summed E-state index contributed by atoms with van der Waals surface area (Å²) in [6, 6.07) is 13.3. The molecule has 1 heterocycles. The fourth-order valence-corrected chi connectivity index (χ4v) is 3.67. The van der Waals surface area contributed by atoms with Gasteiger partial charge in [0.05, 0.1) is 12.2 Å². The summed E-state index contributed by atoms with van der Waals surface area (Å²) in [6.45, 7) is -0.0660. The second-order valence-corrected chi connectivity index (χ2v) is 7.50. The van der Waals surface area contributed by atoms with Crippen molar-refractivity contribution >= 4 is 23.2 Å². The highest BCUT2D eigenvalue weighted by Gasteiger charge is 2.14. The highest BCUT2D eigenvalue weighted by molar-refractivity contribution is 7.13. The Morgan fingerprint density at radius 2 is 1.83 bits per heavy atom. The predicted molar refractivity (Wildman–Crippen MR) is 110 cm³/mol. The quantitative estimate of drug-likeness (QED) is 0.532. The van der Waals surface area contributed by atoms with Crippen LogP contribution in [0.5, 0.6) is 0 Å². The first-order chi connectivity index (χ1) is 14.5. The first-order valence-corrected chi connectivity index (χ1v) is 10.00. The lowest BCUT2D eigenvalue weighted by Crippen LogP contribution is -2.26. The van der Waals surface area contributed by atoms with E-state index >= 15 is 0 Å². The number of carbonyl (C=O) groups is 2. The van der Waals surface area contributed by atoms with Crippen LogP contribution < -0.4 is 5.32 Å². The van der Waals surface area contributed by atoms with Crippen molar-refractivity contribution in [2.45, 2.75) is 6.42 Å². The van der Waals surface area contributed by atoms with Crippen molar-refractivity contribution in [1.29, 1.82) is 0 Å². The van der Waals surface area contributed by atoms with E-state index in [0.717, 1.165) is 4.88 Å². The van der Waals surface area contributed by atoms with Gasteiger partial charge in [-0.05, 0) is 53.9 Å². The number of esters is 1. The molecule has 3 aromatic rings. The van der Waals surface area contributed by atoms with Crippen LogP contribution in [-0.4, -0.2) is 36.7 Å². The number of thiophene rings is 1. The van der Waals surface area contributed by atoms with Crippen molar-refractivity contribution in [2.24, 2.45) is 0 Å². The molecule has 0 fully saturated rings. The first kappa shape index (κ1) is 21.6. The monoisotopic (exact) mass is 431 g/mol. The molecule has 0 unspecified atom stereocenters. The molecule has 5 nitrogen and oxygen atoms in total. The Morgan fingerprint density at radius 3 is 2.60 bits per heavy atom. The number of benzene rings is 2. The molecule has 8 heteroatoms. The second kappa shape index (κ2) is 10.1. The number of hydrogen-bond donors (Lipinski definition) is 2. The van der Waals surface area contributed by atoms with E-state index in [1.165, 1.54) is 41.7 Å². The van der Waals surface area contributed by atoms with Gasteiger partial charge in [-0.15, -0.1) is 11.3 Å². The van der Waals surface area contributed by atoms with Gasteiger partial charge >= 0.3 is 5.97 Å². The van der Waals surface area contributed by atoms with Crippen LogP contribution >= 0.6 is 11.3 Å². The number of aliphatic hydroxyl groups is 1. The van der Waals surface area contributed by atoms with Gasteiger partial charge in [-0.25, -0.2) is 13.6 Å². The molecule has 0 aliphatic heterocycles. The molecule has 0 aliphatic carbocycles. The molecular weight excluding hydrogens is 412 g/mol. The number of hydrogen-bond acceptors (Lipinski definition) is 5. The van der Waals surface area contributed by atoms with Gasteiger partial charge < -0.3 is 15.2 Å². The second-order valence-electron chi connectivity index (χ2n) is 6.34. The maximum Gasteiger partial charge on any atom is 0.348 e. The number of halogens is 2. The molecule has 3 rings (SSSR count). The molecule has 0 bridgehead atoms. The molecule has 1 aromatic heterocycles. The average molecular weight is 431 g/mol. The van der Waals surface area contributed by atoms with Crippen LogP contribution in [0.4, 0.5) is 8.78 Å². The lowest BCUT2D eigenvalue weighted by atomic mass is 10.0. The fourth-order valence-electron chi connectivity index (χ4n) is 2.77. The molecule has 30 heavy (non-hydrogen) atoms. The van der Waals surface area contributed by atoms with Crippen molar-refractivity contribution in [3.63, 3.8) is 0 Å². The van der Waals surface area contributed by atoms with Crippen molar-refractivity contribution in [2.75, 3.05) is 19.8 Å². The number of carbonyl (C=O) groups excluding carboxylic acids is 2. The van der Waals surface area contributed by atoms with Gasteiger partial charge in [-0.2, -0.15) is 0 Å². The Hall–Kier alpha value is -3.10. The molecule has 0 radical (unpaired) electrons. The van der Waals surface area contributed by atoms with Crippen LogP contribution in [0.2, 0.25) is 0 Å². The van der Waals surface area contributed by atoms with Gasteiger partial charge in [0.25, 0.3) is 5.91 Å². The summed E-state index contributed by atoms with van der Waals surface area (Å²) in [5.41, 5.74) is 0.949. The van der Waals surface area contributed by atoms with Crippen LogP contribution in [0.1, 0.15) is 24.9 Å². The maximum atomic E-state index is 14.2. The zero-order valence-corrected chi connectivity index (χ0v) is 16.7. The van der Waals surface area contributed by atoms with E-state index in [-0.39, 0.29) is 25.3 Å². The highest BCUT2D eigenvalue weighted by atomic mass is 32.1. The Bertz CT molecular complexity index is 1050. The van der Waals surface area contributed by atoms with Crippen LogP contribution in [-0.2, 0) is 11.2 Å². The minimum Gasteiger partial charge on any atom is -0.459 e. The number of nitrogens with one attached hydrogen (secondary N) is 1. The molecule has 0 spiro atoms.